The van der Waals surface area contributed by atoms with Crippen molar-refractivity contribution >= 4 is 17.6 Å². The molecule has 1 aromatic carbocycles. The van der Waals surface area contributed by atoms with Crippen molar-refractivity contribution < 1.29 is 37.0 Å². The normalized spacial score (nSPS) is 11.2. The predicted octanol–water partition coefficient (Wildman–Crippen LogP) is 2.89. The van der Waals surface area contributed by atoms with Gasteiger partial charge in [0.15, 0.2) is 6.61 Å². The Morgan fingerprint density at radius 2 is 2.00 bits per heavy atom. The second-order valence-electron chi connectivity index (χ2n) is 5.04. The number of aliphatic hydroxyl groups excluding tert-OH is 1. The van der Waals surface area contributed by atoms with Gasteiger partial charge in [-0.05, 0) is 31.2 Å². The molecular weight excluding hydrogens is 343 g/mol. The van der Waals surface area contributed by atoms with E-state index in [0.29, 0.717) is 0 Å². The molecule has 0 unspecified atom stereocenters. The van der Waals surface area contributed by atoms with E-state index in [9.17, 15) is 22.8 Å². The standard InChI is InChI=1S/C16H14F3NO5/c1-9-13(6-12(7-21)25-9)15(23)24-8-14(22)20-11-4-2-3-10(5-11)16(17,18)19/h2-6,21H,7-8H2,1H3,(H,20,22). The van der Waals surface area contributed by atoms with Crippen LogP contribution in [0.2, 0.25) is 0 Å². The number of hydrogen-bond acceptors (Lipinski definition) is 5. The third-order valence-corrected chi connectivity index (χ3v) is 3.15. The van der Waals surface area contributed by atoms with Crippen LogP contribution in [-0.4, -0.2) is 23.6 Å². The van der Waals surface area contributed by atoms with Crippen LogP contribution in [0, 0.1) is 6.92 Å². The van der Waals surface area contributed by atoms with Crippen molar-refractivity contribution in [1.82, 2.24) is 0 Å². The molecule has 1 aromatic heterocycles. The first kappa shape index (κ1) is 18.5. The highest BCUT2D eigenvalue weighted by Gasteiger charge is 2.30. The lowest BCUT2D eigenvalue weighted by Crippen LogP contribution is -2.21. The number of aryl methyl sites for hydroxylation is 1. The van der Waals surface area contributed by atoms with E-state index < -0.39 is 36.8 Å². The van der Waals surface area contributed by atoms with E-state index in [1.54, 1.807) is 0 Å². The molecule has 0 aliphatic heterocycles. The SMILES string of the molecule is Cc1oc(CO)cc1C(=O)OCC(=O)Nc1cccc(C(F)(F)F)c1. The van der Waals surface area contributed by atoms with Crippen molar-refractivity contribution in [3.63, 3.8) is 0 Å². The zero-order valence-corrected chi connectivity index (χ0v) is 13.0. The zero-order chi connectivity index (χ0) is 18.6. The van der Waals surface area contributed by atoms with Crippen LogP contribution in [0.25, 0.3) is 0 Å². The van der Waals surface area contributed by atoms with Gasteiger partial charge in [-0.1, -0.05) is 6.07 Å². The summed E-state index contributed by atoms with van der Waals surface area (Å²) in [5.74, 6) is -1.26. The number of nitrogens with one attached hydrogen (secondary N) is 1. The fraction of sp³-hybridized carbons (Fsp3) is 0.250. The summed E-state index contributed by atoms with van der Waals surface area (Å²) >= 11 is 0. The molecule has 1 heterocycles. The molecule has 0 aliphatic rings. The van der Waals surface area contributed by atoms with Crippen molar-refractivity contribution in [3.8, 4) is 0 Å². The summed E-state index contributed by atoms with van der Waals surface area (Å²) in [4.78, 5) is 23.6. The molecule has 25 heavy (non-hydrogen) atoms. The Bertz CT molecular complexity index is 782. The van der Waals surface area contributed by atoms with E-state index >= 15 is 0 Å². The summed E-state index contributed by atoms with van der Waals surface area (Å²) in [6, 6.07) is 5.35. The van der Waals surface area contributed by atoms with Crippen molar-refractivity contribution in [2.75, 3.05) is 11.9 Å². The number of carbonyl (C=O) groups excluding carboxylic acids is 2. The Balaban J connectivity index is 1.94. The van der Waals surface area contributed by atoms with Gasteiger partial charge in [-0.2, -0.15) is 13.2 Å². The van der Waals surface area contributed by atoms with Crippen LogP contribution in [0.4, 0.5) is 18.9 Å². The van der Waals surface area contributed by atoms with Gasteiger partial charge >= 0.3 is 12.1 Å². The molecule has 0 saturated carbocycles. The van der Waals surface area contributed by atoms with Crippen LogP contribution in [0.1, 0.15) is 27.4 Å². The number of ether oxygens (including phenoxy) is 1. The van der Waals surface area contributed by atoms with Gasteiger partial charge in [0.1, 0.15) is 23.7 Å². The number of alkyl halides is 3. The number of rotatable bonds is 5. The predicted molar refractivity (Wildman–Crippen MR) is 79.7 cm³/mol. The molecule has 0 fully saturated rings. The minimum atomic E-state index is -4.53. The topological polar surface area (TPSA) is 88.8 Å². The second-order valence-corrected chi connectivity index (χ2v) is 5.04. The molecule has 1 amide bonds. The summed E-state index contributed by atoms with van der Waals surface area (Å²) in [5.41, 5.74) is -0.929. The molecule has 2 N–H and O–H groups in total. The van der Waals surface area contributed by atoms with Gasteiger partial charge in [-0.15, -0.1) is 0 Å². The van der Waals surface area contributed by atoms with E-state index in [1.807, 2.05) is 0 Å². The van der Waals surface area contributed by atoms with Gasteiger partial charge in [0.25, 0.3) is 5.91 Å². The average molecular weight is 357 g/mol. The second kappa shape index (κ2) is 7.39. The minimum absolute atomic E-state index is 0.0518. The van der Waals surface area contributed by atoms with Gasteiger partial charge in [0, 0.05) is 5.69 Å². The lowest BCUT2D eigenvalue weighted by Gasteiger charge is -2.10. The number of furan rings is 1. The first-order valence-electron chi connectivity index (χ1n) is 7.05. The number of esters is 1. The lowest BCUT2D eigenvalue weighted by atomic mass is 10.2. The quantitative estimate of drug-likeness (QED) is 0.804. The monoisotopic (exact) mass is 357 g/mol. The minimum Gasteiger partial charge on any atom is -0.463 e. The van der Waals surface area contributed by atoms with Gasteiger partial charge in [-0.25, -0.2) is 4.79 Å². The lowest BCUT2D eigenvalue weighted by molar-refractivity contribution is -0.137. The molecule has 134 valence electrons. The van der Waals surface area contributed by atoms with Gasteiger partial charge in [0.05, 0.1) is 5.56 Å². The number of hydrogen-bond donors (Lipinski definition) is 2. The molecular formula is C16H14F3NO5. The molecule has 0 bridgehead atoms. The van der Waals surface area contributed by atoms with E-state index in [0.717, 1.165) is 18.2 Å². The summed E-state index contributed by atoms with van der Waals surface area (Å²) in [6.45, 7) is 0.400. The first-order chi connectivity index (χ1) is 11.7. The van der Waals surface area contributed by atoms with Crippen LogP contribution < -0.4 is 5.32 Å². The third-order valence-electron chi connectivity index (χ3n) is 3.15. The maximum absolute atomic E-state index is 12.6. The number of halogens is 3. The summed E-state index contributed by atoms with van der Waals surface area (Å²) < 4.78 is 47.7. The fourth-order valence-electron chi connectivity index (χ4n) is 2.00. The Morgan fingerprint density at radius 1 is 1.28 bits per heavy atom. The Hall–Kier alpha value is -2.81. The number of benzene rings is 1. The number of amides is 1. The fourth-order valence-corrected chi connectivity index (χ4v) is 2.00. The highest BCUT2D eigenvalue weighted by atomic mass is 19.4. The molecule has 0 radical (unpaired) electrons. The van der Waals surface area contributed by atoms with Crippen molar-refractivity contribution in [2.24, 2.45) is 0 Å². The van der Waals surface area contributed by atoms with Crippen LogP contribution in [-0.2, 0) is 22.3 Å². The highest BCUT2D eigenvalue weighted by molar-refractivity contribution is 5.96. The summed E-state index contributed by atoms with van der Waals surface area (Å²) in [7, 11) is 0. The average Bonchev–Trinajstić information content (AvgIpc) is 2.93. The Labute approximate surface area is 140 Å². The molecule has 0 spiro atoms. The van der Waals surface area contributed by atoms with Crippen molar-refractivity contribution in [2.45, 2.75) is 19.7 Å². The maximum atomic E-state index is 12.6. The Morgan fingerprint density at radius 3 is 2.60 bits per heavy atom. The molecule has 6 nitrogen and oxygen atoms in total. The highest BCUT2D eigenvalue weighted by Crippen LogP contribution is 2.30. The number of aliphatic hydroxyl groups is 1. The van der Waals surface area contributed by atoms with Crippen molar-refractivity contribution in [1.29, 1.82) is 0 Å². The van der Waals surface area contributed by atoms with Gasteiger partial charge in [-0.3, -0.25) is 4.79 Å². The van der Waals surface area contributed by atoms with E-state index in [4.69, 9.17) is 14.3 Å². The van der Waals surface area contributed by atoms with Crippen LogP contribution in [0.3, 0.4) is 0 Å². The third kappa shape index (κ3) is 4.83. The van der Waals surface area contributed by atoms with Crippen LogP contribution in [0.15, 0.2) is 34.7 Å². The van der Waals surface area contributed by atoms with Crippen LogP contribution >= 0.6 is 0 Å². The first-order valence-corrected chi connectivity index (χ1v) is 7.05. The van der Waals surface area contributed by atoms with Gasteiger partial charge in [0.2, 0.25) is 0 Å². The zero-order valence-electron chi connectivity index (χ0n) is 13.0. The molecule has 2 rings (SSSR count). The smallest absolute Gasteiger partial charge is 0.416 e. The summed E-state index contributed by atoms with van der Waals surface area (Å²) in [6.07, 6.45) is -4.53. The molecule has 0 aliphatic carbocycles. The molecule has 9 heteroatoms. The van der Waals surface area contributed by atoms with Crippen molar-refractivity contribution in [3.05, 3.63) is 53.0 Å². The van der Waals surface area contributed by atoms with E-state index in [1.165, 1.54) is 19.1 Å². The number of anilines is 1. The van der Waals surface area contributed by atoms with E-state index in [2.05, 4.69) is 5.32 Å². The van der Waals surface area contributed by atoms with E-state index in [-0.39, 0.29) is 22.8 Å². The largest absolute Gasteiger partial charge is 0.463 e. The Kier molecular flexibility index (Phi) is 5.48. The summed E-state index contributed by atoms with van der Waals surface area (Å²) in [5, 5.41) is 11.1. The maximum Gasteiger partial charge on any atom is 0.416 e. The molecule has 2 aromatic rings. The molecule has 0 atom stereocenters. The van der Waals surface area contributed by atoms with Crippen LogP contribution in [0.5, 0.6) is 0 Å². The number of carbonyl (C=O) groups is 2. The molecule has 0 saturated heterocycles. The van der Waals surface area contributed by atoms with Gasteiger partial charge < -0.3 is 19.6 Å².